The van der Waals surface area contributed by atoms with Crippen molar-refractivity contribution in [2.24, 2.45) is 0 Å². The Morgan fingerprint density at radius 3 is 2.81 bits per heavy atom. The van der Waals surface area contributed by atoms with Gasteiger partial charge in [-0.1, -0.05) is 12.5 Å². The van der Waals surface area contributed by atoms with Crippen LogP contribution < -0.4 is 5.32 Å². The number of hydrogen-bond donors (Lipinski definition) is 1. The van der Waals surface area contributed by atoms with Gasteiger partial charge in [-0.2, -0.15) is 13.2 Å². The minimum absolute atomic E-state index is 0.139. The summed E-state index contributed by atoms with van der Waals surface area (Å²) in [6.07, 6.45) is 2.31. The van der Waals surface area contributed by atoms with E-state index in [9.17, 15) is 13.2 Å². The van der Waals surface area contributed by atoms with Gasteiger partial charge in [-0.25, -0.2) is 4.98 Å². The van der Waals surface area contributed by atoms with Crippen LogP contribution in [-0.2, 0) is 6.18 Å². The van der Waals surface area contributed by atoms with Crippen molar-refractivity contribution in [3.63, 3.8) is 0 Å². The maximum atomic E-state index is 12.9. The van der Waals surface area contributed by atoms with E-state index in [0.717, 1.165) is 43.4 Å². The third kappa shape index (κ3) is 3.87. The fraction of sp³-hybridized carbons (Fsp3) is 0.389. The number of nitrogens with one attached hydrogen (secondary N) is 1. The molecule has 0 aliphatic heterocycles. The Balaban J connectivity index is 1.50. The van der Waals surface area contributed by atoms with Gasteiger partial charge in [0.25, 0.3) is 0 Å². The van der Waals surface area contributed by atoms with Crippen LogP contribution in [0.5, 0.6) is 0 Å². The number of halogens is 4. The van der Waals surface area contributed by atoms with Crippen molar-refractivity contribution in [3.8, 4) is 0 Å². The van der Waals surface area contributed by atoms with E-state index < -0.39 is 11.7 Å². The molecule has 3 heterocycles. The molecule has 0 saturated heterocycles. The van der Waals surface area contributed by atoms with Gasteiger partial charge in [0, 0.05) is 27.9 Å². The van der Waals surface area contributed by atoms with Crippen LogP contribution in [0.2, 0.25) is 0 Å². The Morgan fingerprint density at radius 2 is 2.04 bits per heavy atom. The molecule has 1 N–H and O–H groups in total. The van der Waals surface area contributed by atoms with Gasteiger partial charge in [-0.3, -0.25) is 4.40 Å². The number of pyridine rings is 2. The van der Waals surface area contributed by atoms with Crippen LogP contribution in [0, 0.1) is 3.57 Å². The zero-order valence-electron chi connectivity index (χ0n) is 14.2. The molecule has 3 aromatic rings. The molecule has 2 atom stereocenters. The zero-order chi connectivity index (χ0) is 19.0. The monoisotopic (exact) mass is 487 g/mol. The molecule has 3 aromatic heterocycles. The van der Waals surface area contributed by atoms with Gasteiger partial charge in [-0.05, 0) is 60.1 Å². The molecule has 0 spiro atoms. The van der Waals surface area contributed by atoms with Gasteiger partial charge < -0.3 is 5.32 Å². The fourth-order valence-corrected chi connectivity index (χ4v) is 4.36. The smallest absolute Gasteiger partial charge is 0.367 e. The number of aromatic nitrogens is 4. The van der Waals surface area contributed by atoms with Crippen LogP contribution in [0.4, 0.5) is 19.0 Å². The zero-order valence-corrected chi connectivity index (χ0v) is 16.4. The summed E-state index contributed by atoms with van der Waals surface area (Å²) in [4.78, 5) is 3.97. The summed E-state index contributed by atoms with van der Waals surface area (Å²) in [5.41, 5.74) is 0.117. The summed E-state index contributed by atoms with van der Waals surface area (Å²) in [7, 11) is 0. The molecule has 9 heteroatoms. The molecule has 5 nitrogen and oxygen atoms in total. The van der Waals surface area contributed by atoms with Gasteiger partial charge in [0.1, 0.15) is 11.6 Å². The Kier molecular flexibility index (Phi) is 4.95. The first kappa shape index (κ1) is 18.5. The summed E-state index contributed by atoms with van der Waals surface area (Å²) in [6, 6.07) is 7.39. The standard InChI is InChI=1S/C18H17F3IN5/c19-18(20,21)13-10-23-15(9-14(13)22)24-12-5-3-4-11(8-12)17-26-25-16-6-1-2-7-27(16)17/h1-2,6-7,9-12H,3-5,8H2,(H,23,24)/t11-,12+/m0/s1. The van der Waals surface area contributed by atoms with E-state index in [-0.39, 0.29) is 15.5 Å². The van der Waals surface area contributed by atoms with Crippen LogP contribution in [0.1, 0.15) is 43.0 Å². The number of hydrogen-bond acceptors (Lipinski definition) is 4. The fourth-order valence-electron chi connectivity index (χ4n) is 3.62. The molecule has 1 aliphatic rings. The molecule has 27 heavy (non-hydrogen) atoms. The molecule has 0 unspecified atom stereocenters. The maximum Gasteiger partial charge on any atom is 0.418 e. The summed E-state index contributed by atoms with van der Waals surface area (Å²) in [6.45, 7) is 0. The predicted molar refractivity (Wildman–Crippen MR) is 104 cm³/mol. The highest BCUT2D eigenvalue weighted by Gasteiger charge is 2.34. The second kappa shape index (κ2) is 7.25. The third-order valence-corrected chi connectivity index (χ3v) is 5.78. The first-order valence-electron chi connectivity index (χ1n) is 8.71. The highest BCUT2D eigenvalue weighted by atomic mass is 127. The van der Waals surface area contributed by atoms with Crippen molar-refractivity contribution in [1.82, 2.24) is 19.6 Å². The highest BCUT2D eigenvalue weighted by Crippen LogP contribution is 2.35. The van der Waals surface area contributed by atoms with Crippen LogP contribution in [-0.4, -0.2) is 25.6 Å². The molecule has 1 saturated carbocycles. The number of rotatable bonds is 3. The normalized spacial score (nSPS) is 20.7. The van der Waals surface area contributed by atoms with E-state index in [4.69, 9.17) is 0 Å². The average molecular weight is 487 g/mol. The molecule has 1 aliphatic carbocycles. The Labute approximate surface area is 167 Å². The first-order valence-corrected chi connectivity index (χ1v) is 9.78. The number of alkyl halides is 3. The number of nitrogens with zero attached hydrogens (tertiary/aromatic N) is 4. The van der Waals surface area contributed by atoms with Crippen molar-refractivity contribution in [1.29, 1.82) is 0 Å². The second-order valence-corrected chi connectivity index (χ2v) is 7.90. The minimum atomic E-state index is -4.38. The molecular formula is C18H17F3IN5. The van der Waals surface area contributed by atoms with Crippen LogP contribution in [0.25, 0.3) is 5.65 Å². The van der Waals surface area contributed by atoms with Crippen molar-refractivity contribution in [2.45, 2.75) is 43.8 Å². The van der Waals surface area contributed by atoms with Crippen LogP contribution >= 0.6 is 22.6 Å². The van der Waals surface area contributed by atoms with Gasteiger partial charge in [0.15, 0.2) is 5.65 Å². The van der Waals surface area contributed by atoms with Crippen LogP contribution in [0.3, 0.4) is 0 Å². The molecule has 0 bridgehead atoms. The highest BCUT2D eigenvalue weighted by molar-refractivity contribution is 14.1. The number of anilines is 1. The Morgan fingerprint density at radius 1 is 1.19 bits per heavy atom. The molecule has 142 valence electrons. The quantitative estimate of drug-likeness (QED) is 0.535. The van der Waals surface area contributed by atoms with Crippen molar-refractivity contribution >= 4 is 34.1 Å². The molecule has 0 radical (unpaired) electrons. The summed E-state index contributed by atoms with van der Waals surface area (Å²) in [5.74, 6) is 1.67. The molecular weight excluding hydrogens is 470 g/mol. The average Bonchev–Trinajstić information content (AvgIpc) is 3.05. The lowest BCUT2D eigenvalue weighted by Crippen LogP contribution is -2.28. The first-order chi connectivity index (χ1) is 12.9. The van der Waals surface area contributed by atoms with E-state index in [2.05, 4.69) is 20.5 Å². The Hall–Kier alpha value is -1.91. The van der Waals surface area contributed by atoms with Crippen molar-refractivity contribution in [2.75, 3.05) is 5.32 Å². The SMILES string of the molecule is FC(F)(F)c1cnc(N[C@@H]2CCC[C@H](c3nnc4ccccn34)C2)cc1I. The summed E-state index contributed by atoms with van der Waals surface area (Å²) >= 11 is 1.71. The molecule has 0 amide bonds. The molecule has 4 rings (SSSR count). The van der Waals surface area contributed by atoms with E-state index in [1.807, 2.05) is 28.8 Å². The van der Waals surface area contributed by atoms with E-state index in [1.165, 1.54) is 6.07 Å². The van der Waals surface area contributed by atoms with Gasteiger partial charge in [0.2, 0.25) is 0 Å². The molecule has 0 aromatic carbocycles. The minimum Gasteiger partial charge on any atom is -0.367 e. The van der Waals surface area contributed by atoms with Crippen molar-refractivity contribution < 1.29 is 13.2 Å². The summed E-state index contributed by atoms with van der Waals surface area (Å²) in [5, 5.41) is 11.9. The Bertz CT molecular complexity index is 956. The van der Waals surface area contributed by atoms with E-state index in [0.29, 0.717) is 5.82 Å². The summed E-state index contributed by atoms with van der Waals surface area (Å²) < 4.78 is 40.8. The lowest BCUT2D eigenvalue weighted by Gasteiger charge is -2.29. The topological polar surface area (TPSA) is 55.1 Å². The molecule has 1 fully saturated rings. The number of fused-ring (bicyclic) bond motifs is 1. The van der Waals surface area contributed by atoms with Gasteiger partial charge in [-0.15, -0.1) is 10.2 Å². The largest absolute Gasteiger partial charge is 0.418 e. The van der Waals surface area contributed by atoms with Gasteiger partial charge >= 0.3 is 6.18 Å². The van der Waals surface area contributed by atoms with Crippen molar-refractivity contribution in [3.05, 3.63) is 51.6 Å². The van der Waals surface area contributed by atoms with Gasteiger partial charge in [0.05, 0.1) is 5.56 Å². The van der Waals surface area contributed by atoms with E-state index in [1.54, 1.807) is 22.6 Å². The van der Waals surface area contributed by atoms with Crippen LogP contribution in [0.15, 0.2) is 36.7 Å². The second-order valence-electron chi connectivity index (χ2n) is 6.74. The van der Waals surface area contributed by atoms with E-state index >= 15 is 0 Å². The lowest BCUT2D eigenvalue weighted by molar-refractivity contribution is -0.138. The maximum absolute atomic E-state index is 12.9. The predicted octanol–water partition coefficient (Wildman–Crippen LogP) is 4.89. The lowest BCUT2D eigenvalue weighted by atomic mass is 9.85. The third-order valence-electron chi connectivity index (χ3n) is 4.89.